The summed E-state index contributed by atoms with van der Waals surface area (Å²) in [6.45, 7) is 2.63. The summed E-state index contributed by atoms with van der Waals surface area (Å²) in [6, 6.07) is 26.4. The summed E-state index contributed by atoms with van der Waals surface area (Å²) in [5, 5.41) is 64.7. The molecule has 45 heteroatoms. The summed E-state index contributed by atoms with van der Waals surface area (Å²) in [5.74, 6) is -5.49. The number of nitrogens with one attached hydrogen (secondary N) is 5. The number of nitriles is 1. The monoisotopic (exact) mass is 1940 g/mol. The number of rotatable bonds is 29. The second-order valence-corrected chi connectivity index (χ2v) is 31.9. The molecule has 5 aliphatic heterocycles. The predicted molar refractivity (Wildman–Crippen MR) is 507 cm³/mol. The highest BCUT2D eigenvalue weighted by atomic mass is 19.4. The van der Waals surface area contributed by atoms with E-state index in [-0.39, 0.29) is 117 Å². The van der Waals surface area contributed by atoms with Crippen molar-refractivity contribution >= 4 is 170 Å². The van der Waals surface area contributed by atoms with Crippen LogP contribution in [0.2, 0.25) is 0 Å². The first-order valence-corrected chi connectivity index (χ1v) is 44.2. The molecule has 14 aromatic heterocycles. The van der Waals surface area contributed by atoms with E-state index in [0.29, 0.717) is 160 Å². The van der Waals surface area contributed by atoms with E-state index in [1.807, 2.05) is 48.7 Å². The highest BCUT2D eigenvalue weighted by Crippen LogP contribution is 2.45. The predicted octanol–water partition coefficient (Wildman–Crippen LogP) is 7.01. The summed E-state index contributed by atoms with van der Waals surface area (Å²) in [4.78, 5) is 173. The third-order valence-electron chi connectivity index (χ3n) is 23.1. The summed E-state index contributed by atoms with van der Waals surface area (Å²) in [6.07, 6.45) is 24.3. The normalized spacial score (nSPS) is 14.1. The van der Waals surface area contributed by atoms with Gasteiger partial charge in [-0.3, -0.25) is 89.2 Å². The lowest BCUT2D eigenvalue weighted by molar-refractivity contribution is -0.138. The first-order valence-electron chi connectivity index (χ1n) is 44.2. The minimum absolute atomic E-state index is 0.0230. The number of unbranched alkanes of at least 4 members (excludes halogenated alkanes) is 1. The van der Waals surface area contributed by atoms with E-state index in [9.17, 15) is 66.2 Å². The number of halogens is 3. The number of alkyl halides is 3. The zero-order valence-electron chi connectivity index (χ0n) is 76.6. The van der Waals surface area contributed by atoms with Gasteiger partial charge >= 0.3 is 18.2 Å². The molecule has 0 bridgehead atoms. The first-order chi connectivity index (χ1) is 69.3. The molecule has 0 saturated heterocycles. The van der Waals surface area contributed by atoms with E-state index in [1.54, 1.807) is 121 Å². The van der Waals surface area contributed by atoms with E-state index in [0.717, 1.165) is 16.8 Å². The molecule has 15 aromatic rings. The van der Waals surface area contributed by atoms with Crippen LogP contribution in [0.1, 0.15) is 100.0 Å². The number of aliphatic hydroxyl groups is 4. The van der Waals surface area contributed by atoms with Gasteiger partial charge in [-0.1, -0.05) is 18.2 Å². The highest BCUT2D eigenvalue weighted by molar-refractivity contribution is 6.53. The fraction of sp³-hybridized carbons (Fsp3) is 0.214. The van der Waals surface area contributed by atoms with Crippen LogP contribution in [-0.2, 0) is 93.9 Å². The number of imide groups is 5. The van der Waals surface area contributed by atoms with E-state index in [1.165, 1.54) is 77.6 Å². The zero-order valence-corrected chi connectivity index (χ0v) is 76.6. The van der Waals surface area contributed by atoms with Crippen LogP contribution in [0.25, 0.3) is 111 Å². The van der Waals surface area contributed by atoms with Crippen LogP contribution in [0.15, 0.2) is 190 Å². The van der Waals surface area contributed by atoms with Crippen molar-refractivity contribution in [2.75, 3.05) is 54.9 Å². The number of aromatic nitrogens is 18. The number of amides is 10. The van der Waals surface area contributed by atoms with Crippen molar-refractivity contribution in [2.45, 2.75) is 77.4 Å². The number of benzene rings is 1. The Hall–Kier alpha value is -18.2. The fourth-order valence-corrected chi connectivity index (χ4v) is 17.1. The van der Waals surface area contributed by atoms with Crippen LogP contribution >= 0.6 is 0 Å². The Labute approximate surface area is 806 Å². The molecule has 5 aliphatic rings. The lowest BCUT2D eigenvalue weighted by atomic mass is 9.93. The van der Waals surface area contributed by atoms with Crippen LogP contribution in [0.5, 0.6) is 23.8 Å². The Morgan fingerprint density at radius 1 is 0.343 bits per heavy atom. The number of hydrogen-bond acceptors (Lipinski definition) is 31. The van der Waals surface area contributed by atoms with Crippen LogP contribution in [-0.4, -0.2) is 222 Å². The number of aliphatic hydroxyl groups excluding tert-OH is 4. The van der Waals surface area contributed by atoms with Gasteiger partial charge in [-0.25, -0.2) is 34.9 Å². The van der Waals surface area contributed by atoms with Crippen molar-refractivity contribution in [1.82, 2.24) is 114 Å². The van der Waals surface area contributed by atoms with Crippen molar-refractivity contribution < 1.29 is 100 Å². The maximum atomic E-state index is 13.6. The largest absolute Gasteiger partial charge is 0.480 e. The number of methoxy groups -OCH3 is 4. The molecule has 143 heavy (non-hydrogen) atoms. The van der Waals surface area contributed by atoms with Crippen LogP contribution in [0.4, 0.5) is 13.2 Å². The SMILES string of the molecule is COc1ncc(C2=C(c3cn(CCCC#N)c4ncccc34)C(=O)NC2=O)c(OC)n1.COc1ncc(C2=C(c3cn(CCCO)c4ncccc34)C(=O)NC2=O)c(OC)n1.Cn1ccc(C2=C(c3cn(CCCO)c4ncccc34)C(=O)NC2=O)n1.O=C1NC(=O)C(c2cn(CCCO)c3ncccc23)=C1c1ccccc1C(F)(F)F.O=C1NC(=O)C(c2cn(CCCO)c3ncccc23)=C1c1cnccn1. The summed E-state index contributed by atoms with van der Waals surface area (Å²) in [7, 11) is 7.40. The van der Waals surface area contributed by atoms with Gasteiger partial charge in [0.15, 0.2) is 0 Å². The Morgan fingerprint density at radius 2 is 0.650 bits per heavy atom. The van der Waals surface area contributed by atoms with Gasteiger partial charge in [0.25, 0.3) is 59.1 Å². The Kier molecular flexibility index (Phi) is 29.3. The molecule has 10 amide bonds. The number of aryl methyl sites for hydroxylation is 6. The number of pyridine rings is 5. The van der Waals surface area contributed by atoms with Gasteiger partial charge in [0.2, 0.25) is 11.8 Å². The quantitative estimate of drug-likeness (QED) is 0.0168. The van der Waals surface area contributed by atoms with Crippen molar-refractivity contribution in [2.24, 2.45) is 7.05 Å². The molecule has 1 aromatic carbocycles. The number of carbonyl (C=O) groups excluding carboxylic acids is 10. The standard InChI is InChI=1S/C21H16F3N3O3.C21H18N6O4.C20H19N5O5.C18H17N5O3.C18H15N5O3/c22-21(23,24)15-7-2-1-5-13(15)16-17(20(30)26-19(16)29)14-11-27(9-4-10-28)18-12(14)6-3-8-25-18;1-30-20-13(10-24-21(26-20)31-2)15-16(19(29)25-18(15)28)14-11-27(9-4-3-7-22)17-12(14)6-5-8-23-17;1-29-19-12(9-22-20(24-19)30-2)14-15(18(28)23-17(14)27)13-10-25(7-4-8-26)16-11(13)5-3-6-21-16;1-22-8-5-13(21-22)15-14(17(25)20-18(15)26)12-10-23(7-3-9-24)16-11(12)4-2-6-19-16;24-8-2-7-23-10-12(11-3-1-4-21-16(11)23)14-15(18(26)22-17(14)25)13-9-19-5-6-20-13/h1-3,5-8,11,28H,4,9-10H2,(H,26,29,30);5-6,8,10-11H,3-4,9H2,1-2H3,(H,25,28,29);3,5-6,9-10,26H,4,7-8H2,1-2H3,(H,23,27,28);2,4-6,8,10,24H,3,7,9H2,1H3,(H,20,25,26);1,3-6,9-10,24H,2,7-8H2,(H,22,25,26). The number of ether oxygens (including phenoxy) is 4. The third-order valence-corrected chi connectivity index (χ3v) is 23.1. The van der Waals surface area contributed by atoms with Crippen molar-refractivity contribution in [1.29, 1.82) is 5.26 Å². The maximum absolute atomic E-state index is 13.6. The second kappa shape index (κ2) is 42.8. The maximum Gasteiger partial charge on any atom is 0.417 e. The van der Waals surface area contributed by atoms with E-state index in [2.05, 4.69) is 92.6 Å². The van der Waals surface area contributed by atoms with Crippen LogP contribution in [0.3, 0.4) is 0 Å². The molecule has 0 unspecified atom stereocenters. The van der Waals surface area contributed by atoms with Crippen LogP contribution in [0, 0.1) is 11.3 Å². The minimum atomic E-state index is -4.70. The number of hydrogen-bond donors (Lipinski definition) is 9. The molecule has 726 valence electrons. The molecule has 20 rings (SSSR count). The molecular formula is C98H85F3N24O18. The van der Waals surface area contributed by atoms with Gasteiger partial charge in [0.05, 0.1) is 125 Å². The van der Waals surface area contributed by atoms with Gasteiger partial charge in [0, 0.05) is 226 Å². The average Bonchev–Trinajstić information content (AvgIpc) is 1.61. The van der Waals surface area contributed by atoms with Crippen molar-refractivity contribution in [3.05, 3.63) is 252 Å². The van der Waals surface area contributed by atoms with Gasteiger partial charge < -0.3 is 62.2 Å². The topological polar surface area (TPSA) is 557 Å². The molecule has 0 atom stereocenters. The van der Waals surface area contributed by atoms with E-state index < -0.39 is 70.8 Å². The summed E-state index contributed by atoms with van der Waals surface area (Å²) < 4.78 is 72.2. The van der Waals surface area contributed by atoms with Crippen molar-refractivity contribution in [3.63, 3.8) is 0 Å². The minimum Gasteiger partial charge on any atom is -0.480 e. The molecule has 42 nitrogen and oxygen atoms in total. The van der Waals surface area contributed by atoms with Gasteiger partial charge in [-0.2, -0.15) is 33.5 Å². The molecule has 0 fully saturated rings. The van der Waals surface area contributed by atoms with Gasteiger partial charge in [-0.05, 0) is 105 Å². The zero-order chi connectivity index (χ0) is 101. The smallest absolute Gasteiger partial charge is 0.417 e. The molecular weight excluding hydrogens is 1860 g/mol. The Bertz CT molecular complexity index is 7870. The highest BCUT2D eigenvalue weighted by Gasteiger charge is 2.44. The molecule has 0 aliphatic carbocycles. The molecule has 0 spiro atoms. The van der Waals surface area contributed by atoms with Crippen LogP contribution < -0.4 is 45.5 Å². The van der Waals surface area contributed by atoms with E-state index in [4.69, 9.17) is 39.5 Å². The second-order valence-electron chi connectivity index (χ2n) is 31.9. The number of fused-ring (bicyclic) bond motifs is 5. The lowest BCUT2D eigenvalue weighted by Gasteiger charge is -2.13. The molecule has 9 N–H and O–H groups in total. The number of nitrogens with zero attached hydrogens (tertiary/aromatic N) is 19. The summed E-state index contributed by atoms with van der Waals surface area (Å²) in [5.41, 5.74) is 7.03. The summed E-state index contributed by atoms with van der Waals surface area (Å²) >= 11 is 0. The van der Waals surface area contributed by atoms with Gasteiger partial charge in [-0.15, -0.1) is 0 Å². The fourth-order valence-electron chi connectivity index (χ4n) is 17.1. The Morgan fingerprint density at radius 3 is 0.944 bits per heavy atom. The van der Waals surface area contributed by atoms with E-state index >= 15 is 0 Å². The third kappa shape index (κ3) is 19.7. The Balaban J connectivity index is 0.000000129. The molecule has 0 saturated carbocycles. The van der Waals surface area contributed by atoms with Gasteiger partial charge in [0.1, 0.15) is 28.2 Å². The first kappa shape index (κ1) is 97.9. The average molecular weight is 1940 g/mol. The lowest BCUT2D eigenvalue weighted by Crippen LogP contribution is -2.23. The number of carbonyl (C=O) groups is 10. The molecule has 0 radical (unpaired) electrons. The van der Waals surface area contributed by atoms with Crippen molar-refractivity contribution in [3.8, 4) is 29.9 Å². The molecule has 19 heterocycles.